The van der Waals surface area contributed by atoms with Crippen LogP contribution >= 0.6 is 0 Å². The predicted molar refractivity (Wildman–Crippen MR) is 66.2 cm³/mol. The van der Waals surface area contributed by atoms with Crippen molar-refractivity contribution in [2.45, 2.75) is 20.3 Å². The number of nitrogens with zero attached hydrogens (tertiary/aromatic N) is 3. The van der Waals surface area contributed by atoms with Crippen LogP contribution in [0.15, 0.2) is 18.6 Å². The van der Waals surface area contributed by atoms with Crippen molar-refractivity contribution in [1.29, 1.82) is 0 Å². The van der Waals surface area contributed by atoms with Crippen LogP contribution in [0.4, 0.5) is 0 Å². The quantitative estimate of drug-likeness (QED) is 0.779. The summed E-state index contributed by atoms with van der Waals surface area (Å²) < 4.78 is 0. The highest BCUT2D eigenvalue weighted by atomic mass is 16.2. The number of hydrogen-bond donors (Lipinski definition) is 1. The Morgan fingerprint density at radius 2 is 2.18 bits per heavy atom. The smallest absolute Gasteiger partial charge is 0.227 e. The van der Waals surface area contributed by atoms with Crippen LogP contribution in [0.5, 0.6) is 0 Å². The molecular weight excluding hydrogens is 216 g/mol. The Balaban J connectivity index is 2.68. The lowest BCUT2D eigenvalue weighted by molar-refractivity contribution is -0.134. The van der Waals surface area contributed by atoms with E-state index in [4.69, 9.17) is 5.73 Å². The summed E-state index contributed by atoms with van der Waals surface area (Å²) in [5.41, 5.74) is 6.54. The number of nitrogens with two attached hydrogens (primary N) is 1. The molecule has 0 aliphatic rings. The molecule has 0 saturated heterocycles. The van der Waals surface area contributed by atoms with Gasteiger partial charge in [-0.2, -0.15) is 0 Å². The van der Waals surface area contributed by atoms with Gasteiger partial charge in [0.2, 0.25) is 5.91 Å². The fourth-order valence-corrected chi connectivity index (χ4v) is 1.76. The number of amides is 1. The lowest BCUT2D eigenvalue weighted by atomic mass is 10.0. The van der Waals surface area contributed by atoms with Crippen LogP contribution in [-0.2, 0) is 11.2 Å². The van der Waals surface area contributed by atoms with Gasteiger partial charge in [-0.3, -0.25) is 4.79 Å². The molecule has 1 atom stereocenters. The van der Waals surface area contributed by atoms with Crippen LogP contribution in [0.1, 0.15) is 19.5 Å². The molecule has 94 valence electrons. The minimum Gasteiger partial charge on any atom is -0.343 e. The van der Waals surface area contributed by atoms with Crippen LogP contribution in [0.3, 0.4) is 0 Å². The second-order valence-electron chi connectivity index (χ2n) is 3.85. The van der Waals surface area contributed by atoms with Gasteiger partial charge in [-0.1, -0.05) is 0 Å². The molecule has 17 heavy (non-hydrogen) atoms. The number of carbonyl (C=O) groups excluding carboxylic acids is 1. The van der Waals surface area contributed by atoms with Crippen molar-refractivity contribution in [3.63, 3.8) is 0 Å². The van der Waals surface area contributed by atoms with E-state index < -0.39 is 0 Å². The summed E-state index contributed by atoms with van der Waals surface area (Å²) in [6.07, 6.45) is 3.75. The average molecular weight is 236 g/mol. The first kappa shape index (κ1) is 13.6. The Bertz CT molecular complexity index is 338. The highest BCUT2D eigenvalue weighted by molar-refractivity contribution is 5.79. The van der Waals surface area contributed by atoms with Crippen molar-refractivity contribution in [1.82, 2.24) is 14.9 Å². The van der Waals surface area contributed by atoms with Crippen molar-refractivity contribution in [3.8, 4) is 0 Å². The van der Waals surface area contributed by atoms with Gasteiger partial charge in [-0.05, 0) is 19.9 Å². The summed E-state index contributed by atoms with van der Waals surface area (Å²) in [6.45, 7) is 5.73. The Labute approximate surface area is 102 Å². The topological polar surface area (TPSA) is 72.1 Å². The lowest BCUT2D eigenvalue weighted by Crippen LogP contribution is -2.40. The van der Waals surface area contributed by atoms with Crippen molar-refractivity contribution >= 4 is 5.91 Å². The van der Waals surface area contributed by atoms with E-state index in [-0.39, 0.29) is 11.8 Å². The normalized spacial score (nSPS) is 12.2. The molecule has 1 aromatic heterocycles. The number of carbonyl (C=O) groups is 1. The molecule has 0 aliphatic heterocycles. The van der Waals surface area contributed by atoms with Gasteiger partial charge in [-0.15, -0.1) is 0 Å². The molecule has 1 heterocycles. The summed E-state index contributed by atoms with van der Waals surface area (Å²) in [7, 11) is 0. The molecule has 0 bridgehead atoms. The predicted octanol–water partition coefficient (Wildman–Crippen LogP) is 0.462. The first-order chi connectivity index (χ1) is 8.22. The highest BCUT2D eigenvalue weighted by Crippen LogP contribution is 2.08. The van der Waals surface area contributed by atoms with Crippen LogP contribution in [-0.4, -0.2) is 40.4 Å². The Morgan fingerprint density at radius 1 is 1.47 bits per heavy atom. The first-order valence-corrected chi connectivity index (χ1v) is 5.96. The minimum absolute atomic E-state index is 0.108. The van der Waals surface area contributed by atoms with Crippen LogP contribution in [0.25, 0.3) is 0 Å². The fourth-order valence-electron chi connectivity index (χ4n) is 1.76. The van der Waals surface area contributed by atoms with Crippen molar-refractivity contribution in [2.75, 3.05) is 19.6 Å². The van der Waals surface area contributed by atoms with Crippen molar-refractivity contribution in [2.24, 2.45) is 11.7 Å². The molecule has 0 aliphatic carbocycles. The summed E-state index contributed by atoms with van der Waals surface area (Å²) in [6, 6.07) is 1.82. The first-order valence-electron chi connectivity index (χ1n) is 5.96. The molecule has 0 aromatic carbocycles. The number of rotatable bonds is 6. The van der Waals surface area contributed by atoms with E-state index in [1.165, 1.54) is 6.33 Å². The third-order valence-electron chi connectivity index (χ3n) is 2.81. The van der Waals surface area contributed by atoms with E-state index in [1.54, 1.807) is 11.1 Å². The maximum atomic E-state index is 12.1. The van der Waals surface area contributed by atoms with Gasteiger partial charge in [0, 0.05) is 37.9 Å². The third kappa shape index (κ3) is 3.78. The van der Waals surface area contributed by atoms with Gasteiger partial charge < -0.3 is 10.6 Å². The molecule has 0 saturated carbocycles. The average Bonchev–Trinajstić information content (AvgIpc) is 2.38. The van der Waals surface area contributed by atoms with E-state index in [2.05, 4.69) is 9.97 Å². The number of hydrogen-bond acceptors (Lipinski definition) is 4. The van der Waals surface area contributed by atoms with E-state index in [9.17, 15) is 4.79 Å². The van der Waals surface area contributed by atoms with E-state index in [1.807, 2.05) is 19.9 Å². The zero-order chi connectivity index (χ0) is 12.7. The zero-order valence-corrected chi connectivity index (χ0v) is 10.5. The minimum atomic E-state index is -0.190. The summed E-state index contributed by atoms with van der Waals surface area (Å²) in [5, 5.41) is 0. The Kier molecular flexibility index (Phi) is 5.56. The Morgan fingerprint density at radius 3 is 2.65 bits per heavy atom. The SMILES string of the molecule is CCN(CC)C(=O)C(CN)Cc1ccncn1. The molecule has 0 fully saturated rings. The molecule has 1 rings (SSSR count). The standard InChI is InChI=1S/C12H20N4O/c1-3-16(4-2)12(17)10(8-13)7-11-5-6-14-9-15-11/h5-6,9-10H,3-4,7-8,13H2,1-2H3. The lowest BCUT2D eigenvalue weighted by Gasteiger charge is -2.24. The van der Waals surface area contributed by atoms with Gasteiger partial charge in [-0.25, -0.2) is 9.97 Å². The van der Waals surface area contributed by atoms with Crippen LogP contribution < -0.4 is 5.73 Å². The fraction of sp³-hybridized carbons (Fsp3) is 0.583. The van der Waals surface area contributed by atoms with Crippen LogP contribution in [0.2, 0.25) is 0 Å². The summed E-state index contributed by atoms with van der Waals surface area (Å²) in [4.78, 5) is 21.9. The van der Waals surface area contributed by atoms with Gasteiger partial charge >= 0.3 is 0 Å². The molecule has 0 radical (unpaired) electrons. The molecular formula is C12H20N4O. The van der Waals surface area contributed by atoms with Crippen LogP contribution in [0, 0.1) is 5.92 Å². The largest absolute Gasteiger partial charge is 0.343 e. The third-order valence-corrected chi connectivity index (χ3v) is 2.81. The maximum Gasteiger partial charge on any atom is 0.227 e. The van der Waals surface area contributed by atoms with Gasteiger partial charge in [0.15, 0.2) is 0 Å². The monoisotopic (exact) mass is 236 g/mol. The molecule has 1 amide bonds. The van der Waals surface area contributed by atoms with E-state index in [0.29, 0.717) is 13.0 Å². The van der Waals surface area contributed by atoms with Gasteiger partial charge in [0.05, 0.1) is 5.92 Å². The molecule has 5 nitrogen and oxygen atoms in total. The van der Waals surface area contributed by atoms with E-state index in [0.717, 1.165) is 18.8 Å². The zero-order valence-electron chi connectivity index (χ0n) is 10.5. The Hall–Kier alpha value is -1.49. The van der Waals surface area contributed by atoms with Gasteiger partial charge in [0.1, 0.15) is 6.33 Å². The highest BCUT2D eigenvalue weighted by Gasteiger charge is 2.21. The molecule has 5 heteroatoms. The number of aromatic nitrogens is 2. The maximum absolute atomic E-state index is 12.1. The van der Waals surface area contributed by atoms with Crippen molar-refractivity contribution in [3.05, 3.63) is 24.3 Å². The second kappa shape index (κ2) is 6.96. The van der Waals surface area contributed by atoms with Gasteiger partial charge in [0.25, 0.3) is 0 Å². The second-order valence-corrected chi connectivity index (χ2v) is 3.85. The van der Waals surface area contributed by atoms with Crippen molar-refractivity contribution < 1.29 is 4.79 Å². The summed E-state index contributed by atoms with van der Waals surface area (Å²) >= 11 is 0. The molecule has 1 unspecified atom stereocenters. The van der Waals surface area contributed by atoms with E-state index >= 15 is 0 Å². The molecule has 1 aromatic rings. The molecule has 2 N–H and O–H groups in total. The summed E-state index contributed by atoms with van der Waals surface area (Å²) in [5.74, 6) is -0.0825. The molecule has 0 spiro atoms.